The van der Waals surface area contributed by atoms with Crippen molar-refractivity contribution in [2.24, 2.45) is 0 Å². The molecule has 0 rings (SSSR count). The fourth-order valence-corrected chi connectivity index (χ4v) is 0. The van der Waals surface area contributed by atoms with Crippen LogP contribution < -0.4 is 0 Å². The van der Waals surface area contributed by atoms with Crippen molar-refractivity contribution >= 4 is 0 Å². The predicted molar refractivity (Wildman–Crippen MR) is 15.9 cm³/mol. The molecule has 0 saturated heterocycles. The van der Waals surface area contributed by atoms with Gasteiger partial charge in [0.1, 0.15) is 0 Å². The molecular weight excluding hydrogens is 50.0 g/mol. The molecule has 1 heteroatoms. The molecule has 0 radical (unpaired) electrons. The highest BCUT2D eigenvalue weighted by atomic mass is 14.2. The lowest BCUT2D eigenvalue weighted by molar-refractivity contribution is 1.22. The van der Waals surface area contributed by atoms with E-state index in [4.69, 9.17) is 9.37 Å². The molecule has 0 bridgehead atoms. The topological polar surface area (TPSA) is 23.8 Å². The fourth-order valence-electron chi connectivity index (χ4n) is 0. The van der Waals surface area contributed by atoms with E-state index in [1.807, 2.05) is 0 Å². The van der Waals surface area contributed by atoms with Crippen molar-refractivity contribution < 1.29 is 4.11 Å². The first kappa shape index (κ1) is 0.718. The van der Waals surface area contributed by atoms with E-state index in [1.54, 1.807) is 0 Å². The second-order valence-electron chi connectivity index (χ2n) is 0.289. The highest BCUT2D eigenvalue weighted by Crippen LogP contribution is 1.58. The summed E-state index contributed by atoms with van der Waals surface area (Å²) in [5, 5.41) is 7.85. The Balaban J connectivity index is 3.66. The molecule has 0 aromatic rings. The van der Waals surface area contributed by atoms with Crippen molar-refractivity contribution in [3.63, 3.8) is 0 Å². The Kier molecular flexibility index (Phi) is 0.447. The summed E-state index contributed by atoms with van der Waals surface area (Å²) in [6.07, 6.45) is -1.94. The van der Waals surface area contributed by atoms with E-state index >= 15 is 0 Å². The maximum Gasteiger partial charge on any atom is 0.0618 e. The van der Waals surface area contributed by atoms with Crippen molar-refractivity contribution in [3.05, 3.63) is 0 Å². The van der Waals surface area contributed by atoms with E-state index in [1.165, 1.54) is 6.07 Å². The van der Waals surface area contributed by atoms with E-state index in [9.17, 15) is 0 Å². The fraction of sp³-hybridized carbons (Fsp3) is 0.667. The Morgan fingerprint density at radius 1 is 2.75 bits per heavy atom. The Morgan fingerprint density at radius 3 is 3.50 bits per heavy atom. The van der Waals surface area contributed by atoms with Gasteiger partial charge in [-0.25, -0.2) is 0 Å². The average Bonchev–Trinajstić information content (AvgIpc) is 1.68. The lowest BCUT2D eigenvalue weighted by atomic mass is 10.6. The quantitative estimate of drug-likeness (QED) is 0.406. The number of nitrogens with zero attached hydrogens (tertiary/aromatic N) is 1. The van der Waals surface area contributed by atoms with Gasteiger partial charge in [0, 0.05) is 10.5 Å². The number of hydrogen-bond donors (Lipinski definition) is 0. The van der Waals surface area contributed by atoms with Crippen LogP contribution in [0, 0.1) is 11.3 Å². The largest absolute Gasteiger partial charge is 0.198 e. The van der Waals surface area contributed by atoms with Crippen LogP contribution in [-0.2, 0) is 0 Å². The summed E-state index contributed by atoms with van der Waals surface area (Å²) in [6.45, 7) is -0.483. The highest BCUT2D eigenvalue weighted by Gasteiger charge is 1.49. The average molecular weight is 58.1 g/mol. The van der Waals surface area contributed by atoms with Gasteiger partial charge in [-0.3, -0.25) is 0 Å². The first-order valence-corrected chi connectivity index (χ1v) is 0.827. The maximum absolute atomic E-state index is 7.85. The molecule has 0 aromatic heterocycles. The van der Waals surface area contributed by atoms with Gasteiger partial charge in [-0.05, 0) is 0 Å². The highest BCUT2D eigenvalue weighted by molar-refractivity contribution is 4.61. The molecule has 0 saturated carbocycles. The van der Waals surface area contributed by atoms with Gasteiger partial charge in [0.05, 0.1) is 6.07 Å². The lowest BCUT2D eigenvalue weighted by Gasteiger charge is -1.47. The van der Waals surface area contributed by atoms with E-state index in [0.29, 0.717) is 0 Å². The lowest BCUT2D eigenvalue weighted by Crippen LogP contribution is -1.38. The zero-order valence-electron chi connectivity index (χ0n) is 5.15. The van der Waals surface area contributed by atoms with Crippen LogP contribution in [0.5, 0.6) is 0 Å². The standard InChI is InChI=1S/C3H5N/c1-2-3-4/h2H2,1H3/i1D,2D2. The van der Waals surface area contributed by atoms with E-state index < -0.39 is 13.3 Å². The molecule has 0 N–H and O–H groups in total. The van der Waals surface area contributed by atoms with Gasteiger partial charge in [-0.15, -0.1) is 0 Å². The van der Waals surface area contributed by atoms with E-state index in [2.05, 4.69) is 0 Å². The molecule has 0 atom stereocenters. The van der Waals surface area contributed by atoms with Crippen LogP contribution in [-0.4, -0.2) is 0 Å². The Labute approximate surface area is 30.1 Å². The molecule has 0 aliphatic rings. The zero-order valence-corrected chi connectivity index (χ0v) is 2.15. The van der Waals surface area contributed by atoms with Gasteiger partial charge >= 0.3 is 0 Å². The molecule has 22 valence electrons. The predicted octanol–water partition coefficient (Wildman–Crippen LogP) is 0.920. The van der Waals surface area contributed by atoms with E-state index in [0.717, 1.165) is 0 Å². The van der Waals surface area contributed by atoms with Crippen LogP contribution >= 0.6 is 0 Å². The molecular formula is C3H5N. The summed E-state index contributed by atoms with van der Waals surface area (Å²) in [4.78, 5) is 0. The molecule has 0 amide bonds. The first-order valence-electron chi connectivity index (χ1n) is 2.53. The molecule has 1 nitrogen and oxygen atoms in total. The van der Waals surface area contributed by atoms with Crippen LogP contribution in [0.15, 0.2) is 0 Å². The number of hydrogen-bond acceptors (Lipinski definition) is 1. The zero-order chi connectivity index (χ0) is 5.91. The van der Waals surface area contributed by atoms with Gasteiger partial charge in [-0.2, -0.15) is 5.26 Å². The molecule has 4 heavy (non-hydrogen) atoms. The van der Waals surface area contributed by atoms with Crippen LogP contribution in [0.25, 0.3) is 0 Å². The molecule has 0 spiro atoms. The summed E-state index contributed by atoms with van der Waals surface area (Å²) in [6, 6.07) is 1.34. The van der Waals surface area contributed by atoms with E-state index in [-0.39, 0.29) is 0 Å². The summed E-state index contributed by atoms with van der Waals surface area (Å²) < 4.78 is 19.5. The monoisotopic (exact) mass is 58.1 g/mol. The minimum Gasteiger partial charge on any atom is -0.198 e. The number of nitriles is 1. The Morgan fingerprint density at radius 2 is 3.50 bits per heavy atom. The van der Waals surface area contributed by atoms with Crippen molar-refractivity contribution in [1.82, 2.24) is 0 Å². The smallest absolute Gasteiger partial charge is 0.0618 e. The second kappa shape index (κ2) is 2.49. The minimum atomic E-state index is -1.94. The summed E-state index contributed by atoms with van der Waals surface area (Å²) in [5.41, 5.74) is 0. The normalized spacial score (nSPS) is 19.2. The molecule has 0 fully saturated rings. The van der Waals surface area contributed by atoms with Crippen molar-refractivity contribution in [2.45, 2.75) is 13.3 Å². The Bertz CT molecular complexity index is 92.8. The second-order valence-corrected chi connectivity index (χ2v) is 0.289. The van der Waals surface area contributed by atoms with Gasteiger partial charge in [0.2, 0.25) is 0 Å². The van der Waals surface area contributed by atoms with Crippen LogP contribution in [0.3, 0.4) is 0 Å². The van der Waals surface area contributed by atoms with Gasteiger partial charge in [0.15, 0.2) is 0 Å². The molecule has 0 aliphatic carbocycles. The Hall–Kier alpha value is -0.510. The molecule has 0 aliphatic heterocycles. The maximum atomic E-state index is 7.85. The molecule has 0 heterocycles. The van der Waals surface area contributed by atoms with Crippen molar-refractivity contribution in [1.29, 1.82) is 5.26 Å². The van der Waals surface area contributed by atoms with Crippen molar-refractivity contribution in [2.75, 3.05) is 0 Å². The van der Waals surface area contributed by atoms with Gasteiger partial charge < -0.3 is 0 Å². The molecule has 0 unspecified atom stereocenters. The van der Waals surface area contributed by atoms with Crippen molar-refractivity contribution in [3.8, 4) is 6.07 Å². The SMILES string of the molecule is [2H]CC([2H])([2H])C#N. The van der Waals surface area contributed by atoms with Crippen LogP contribution in [0.4, 0.5) is 0 Å². The number of rotatable bonds is 0. The molecule has 0 aromatic carbocycles. The first-order chi connectivity index (χ1) is 3.12. The van der Waals surface area contributed by atoms with Crippen LogP contribution in [0.2, 0.25) is 0 Å². The van der Waals surface area contributed by atoms with Gasteiger partial charge in [-0.1, -0.05) is 6.90 Å². The van der Waals surface area contributed by atoms with Crippen LogP contribution in [0.1, 0.15) is 17.4 Å². The third kappa shape index (κ3) is 1.49. The minimum absolute atomic E-state index is 0.483. The van der Waals surface area contributed by atoms with Gasteiger partial charge in [0.25, 0.3) is 0 Å². The summed E-state index contributed by atoms with van der Waals surface area (Å²) in [7, 11) is 0. The summed E-state index contributed by atoms with van der Waals surface area (Å²) in [5.74, 6) is 0. The third-order valence-electron chi connectivity index (χ3n) is 0.0791. The third-order valence-corrected chi connectivity index (χ3v) is 0.0791. The summed E-state index contributed by atoms with van der Waals surface area (Å²) >= 11 is 0.